The molecule has 1 aromatic rings. The van der Waals surface area contributed by atoms with Gasteiger partial charge in [0.2, 0.25) is 0 Å². The van der Waals surface area contributed by atoms with Gasteiger partial charge in [-0.25, -0.2) is 0 Å². The number of rotatable bonds is 7. The number of likely N-dealkylation sites (N-methyl/N-ethyl adjacent to an activating group) is 1. The molecule has 5 nitrogen and oxygen atoms in total. The quantitative estimate of drug-likeness (QED) is 0.609. The summed E-state index contributed by atoms with van der Waals surface area (Å²) in [6.07, 6.45) is 1.17. The highest BCUT2D eigenvalue weighted by atomic mass is 16.5. The normalized spacial score (nSPS) is 18.3. The van der Waals surface area contributed by atoms with Crippen molar-refractivity contribution in [3.63, 3.8) is 0 Å². The van der Waals surface area contributed by atoms with Crippen molar-refractivity contribution in [3.8, 4) is 5.75 Å². The first-order chi connectivity index (χ1) is 12.0. The van der Waals surface area contributed by atoms with Gasteiger partial charge in [0.1, 0.15) is 5.75 Å². The molecule has 0 aromatic heterocycles. The van der Waals surface area contributed by atoms with E-state index in [0.29, 0.717) is 12.0 Å². The zero-order valence-electron chi connectivity index (χ0n) is 16.5. The van der Waals surface area contributed by atoms with Crippen LogP contribution in [0, 0.1) is 0 Å². The molecule has 1 unspecified atom stereocenters. The summed E-state index contributed by atoms with van der Waals surface area (Å²) < 4.78 is 5.26. The van der Waals surface area contributed by atoms with Gasteiger partial charge in [-0.1, -0.05) is 12.1 Å². The van der Waals surface area contributed by atoms with E-state index in [2.05, 4.69) is 67.2 Å². The van der Waals surface area contributed by atoms with Crippen molar-refractivity contribution in [1.82, 2.24) is 15.1 Å². The van der Waals surface area contributed by atoms with Crippen LogP contribution in [-0.4, -0.2) is 68.7 Å². The highest BCUT2D eigenvalue weighted by molar-refractivity contribution is 5.80. The van der Waals surface area contributed by atoms with E-state index in [1.807, 2.05) is 0 Å². The van der Waals surface area contributed by atoms with Crippen LogP contribution in [0.5, 0.6) is 5.75 Å². The number of guanidine groups is 1. The van der Waals surface area contributed by atoms with Gasteiger partial charge in [0.25, 0.3) is 0 Å². The Morgan fingerprint density at radius 1 is 1.36 bits per heavy atom. The molecule has 1 heterocycles. The van der Waals surface area contributed by atoms with Crippen LogP contribution in [0.3, 0.4) is 0 Å². The van der Waals surface area contributed by atoms with Gasteiger partial charge in [0.05, 0.1) is 13.7 Å². The SMILES string of the molecule is CCNC(=NCCN(C)C(C)C)N1CCC(c2ccc(OC)cc2)C1. The molecule has 0 radical (unpaired) electrons. The third kappa shape index (κ3) is 5.63. The summed E-state index contributed by atoms with van der Waals surface area (Å²) >= 11 is 0. The molecule has 1 atom stereocenters. The van der Waals surface area contributed by atoms with Crippen LogP contribution < -0.4 is 10.1 Å². The Kier molecular flexibility index (Phi) is 7.56. The molecular weight excluding hydrogens is 312 g/mol. The Bertz CT molecular complexity index is 541. The fourth-order valence-electron chi connectivity index (χ4n) is 3.10. The van der Waals surface area contributed by atoms with Crippen LogP contribution in [-0.2, 0) is 0 Å². The van der Waals surface area contributed by atoms with Gasteiger partial charge >= 0.3 is 0 Å². The van der Waals surface area contributed by atoms with Crippen LogP contribution in [0.1, 0.15) is 38.7 Å². The Morgan fingerprint density at radius 2 is 2.08 bits per heavy atom. The Labute approximate surface area is 153 Å². The first kappa shape index (κ1) is 19.6. The van der Waals surface area contributed by atoms with E-state index >= 15 is 0 Å². The van der Waals surface area contributed by atoms with Crippen molar-refractivity contribution < 1.29 is 4.74 Å². The van der Waals surface area contributed by atoms with Gasteiger partial charge < -0.3 is 19.9 Å². The summed E-state index contributed by atoms with van der Waals surface area (Å²) in [5.41, 5.74) is 1.39. The molecule has 1 aromatic carbocycles. The third-order valence-corrected chi connectivity index (χ3v) is 5.01. The fraction of sp³-hybridized carbons (Fsp3) is 0.650. The van der Waals surface area contributed by atoms with Crippen molar-refractivity contribution in [2.45, 2.75) is 39.2 Å². The van der Waals surface area contributed by atoms with E-state index in [0.717, 1.165) is 44.4 Å². The smallest absolute Gasteiger partial charge is 0.193 e. The summed E-state index contributed by atoms with van der Waals surface area (Å²) in [7, 11) is 3.87. The van der Waals surface area contributed by atoms with E-state index in [-0.39, 0.29) is 0 Å². The third-order valence-electron chi connectivity index (χ3n) is 5.01. The van der Waals surface area contributed by atoms with E-state index < -0.39 is 0 Å². The fourth-order valence-corrected chi connectivity index (χ4v) is 3.10. The molecule has 1 fully saturated rings. The number of ether oxygens (including phenoxy) is 1. The van der Waals surface area contributed by atoms with Gasteiger partial charge in [-0.15, -0.1) is 0 Å². The maximum atomic E-state index is 5.26. The molecule has 1 aliphatic rings. The minimum absolute atomic E-state index is 0.559. The largest absolute Gasteiger partial charge is 0.497 e. The molecule has 0 bridgehead atoms. The first-order valence-electron chi connectivity index (χ1n) is 9.42. The number of likely N-dealkylation sites (tertiary alicyclic amines) is 1. The summed E-state index contributed by atoms with van der Waals surface area (Å²) in [5.74, 6) is 2.53. The lowest BCUT2D eigenvalue weighted by Gasteiger charge is -2.23. The highest BCUT2D eigenvalue weighted by Crippen LogP contribution is 2.28. The average Bonchev–Trinajstić information content (AvgIpc) is 3.10. The van der Waals surface area contributed by atoms with Crippen LogP contribution in [0.15, 0.2) is 29.3 Å². The number of aliphatic imine (C=N–C) groups is 1. The number of hydrogen-bond acceptors (Lipinski definition) is 3. The molecule has 1 aliphatic heterocycles. The summed E-state index contributed by atoms with van der Waals surface area (Å²) in [4.78, 5) is 9.57. The lowest BCUT2D eigenvalue weighted by molar-refractivity contribution is 0.281. The molecule has 0 aliphatic carbocycles. The van der Waals surface area contributed by atoms with Gasteiger partial charge in [-0.2, -0.15) is 0 Å². The Hall–Kier alpha value is -1.75. The molecule has 0 saturated carbocycles. The lowest BCUT2D eigenvalue weighted by Crippen LogP contribution is -2.40. The minimum Gasteiger partial charge on any atom is -0.497 e. The maximum absolute atomic E-state index is 5.26. The Morgan fingerprint density at radius 3 is 2.68 bits per heavy atom. The van der Waals surface area contributed by atoms with E-state index in [4.69, 9.17) is 9.73 Å². The topological polar surface area (TPSA) is 40.1 Å². The van der Waals surface area contributed by atoms with E-state index in [9.17, 15) is 0 Å². The molecule has 5 heteroatoms. The Balaban J connectivity index is 1.95. The lowest BCUT2D eigenvalue weighted by atomic mass is 9.98. The maximum Gasteiger partial charge on any atom is 0.193 e. The monoisotopic (exact) mass is 346 g/mol. The molecular formula is C20H34N4O. The second-order valence-corrected chi connectivity index (χ2v) is 7.01. The molecule has 25 heavy (non-hydrogen) atoms. The van der Waals surface area contributed by atoms with Crippen molar-refractivity contribution in [2.75, 3.05) is 46.9 Å². The number of methoxy groups -OCH3 is 1. The molecule has 1 N–H and O–H groups in total. The molecule has 0 amide bonds. The summed E-state index contributed by atoms with van der Waals surface area (Å²) in [5, 5.41) is 3.46. The number of benzene rings is 1. The summed E-state index contributed by atoms with van der Waals surface area (Å²) in [6, 6.07) is 9.05. The van der Waals surface area contributed by atoms with Crippen LogP contribution in [0.2, 0.25) is 0 Å². The van der Waals surface area contributed by atoms with Crippen molar-refractivity contribution >= 4 is 5.96 Å². The number of nitrogens with one attached hydrogen (secondary N) is 1. The van der Waals surface area contributed by atoms with Crippen molar-refractivity contribution in [1.29, 1.82) is 0 Å². The van der Waals surface area contributed by atoms with Gasteiger partial charge in [0.15, 0.2) is 5.96 Å². The van der Waals surface area contributed by atoms with E-state index in [1.165, 1.54) is 12.0 Å². The average molecular weight is 347 g/mol. The van der Waals surface area contributed by atoms with Gasteiger partial charge in [-0.05, 0) is 51.9 Å². The molecule has 140 valence electrons. The second-order valence-electron chi connectivity index (χ2n) is 7.01. The van der Waals surface area contributed by atoms with E-state index in [1.54, 1.807) is 7.11 Å². The predicted octanol–water partition coefficient (Wildman–Crippen LogP) is 2.79. The van der Waals surface area contributed by atoms with Crippen LogP contribution in [0.25, 0.3) is 0 Å². The summed E-state index contributed by atoms with van der Waals surface area (Å²) in [6.45, 7) is 11.4. The molecule has 1 saturated heterocycles. The second kappa shape index (κ2) is 9.66. The van der Waals surface area contributed by atoms with Gasteiger partial charge in [0, 0.05) is 38.1 Å². The standard InChI is InChI=1S/C20H34N4O/c1-6-21-20(22-12-14-23(4)16(2)3)24-13-11-18(15-24)17-7-9-19(25-5)10-8-17/h7-10,16,18H,6,11-15H2,1-5H3,(H,21,22). The number of nitrogens with zero attached hydrogens (tertiary/aromatic N) is 3. The zero-order chi connectivity index (χ0) is 18.2. The van der Waals surface area contributed by atoms with Crippen LogP contribution in [0.4, 0.5) is 0 Å². The first-order valence-corrected chi connectivity index (χ1v) is 9.42. The highest BCUT2D eigenvalue weighted by Gasteiger charge is 2.26. The zero-order valence-corrected chi connectivity index (χ0v) is 16.5. The van der Waals surface area contributed by atoms with Crippen molar-refractivity contribution in [3.05, 3.63) is 29.8 Å². The predicted molar refractivity (Wildman–Crippen MR) is 106 cm³/mol. The minimum atomic E-state index is 0.559. The molecule has 0 spiro atoms. The van der Waals surface area contributed by atoms with Crippen molar-refractivity contribution in [2.24, 2.45) is 4.99 Å². The van der Waals surface area contributed by atoms with Crippen LogP contribution >= 0.6 is 0 Å². The number of hydrogen-bond donors (Lipinski definition) is 1. The van der Waals surface area contributed by atoms with Gasteiger partial charge in [-0.3, -0.25) is 4.99 Å². The molecule has 2 rings (SSSR count).